The molecule has 3 rings (SSSR count). The van der Waals surface area contributed by atoms with Crippen molar-refractivity contribution < 1.29 is 14.5 Å². The monoisotopic (exact) mass is 383 g/mol. The van der Waals surface area contributed by atoms with Gasteiger partial charge in [0, 0.05) is 31.9 Å². The number of aromatic nitrogens is 1. The molecule has 1 amide bonds. The highest BCUT2D eigenvalue weighted by molar-refractivity contribution is 7.16. The summed E-state index contributed by atoms with van der Waals surface area (Å²) in [5.74, 6) is -0.431. The fourth-order valence-electron chi connectivity index (χ4n) is 2.55. The molecule has 0 radical (unpaired) electrons. The predicted octanol–water partition coefficient (Wildman–Crippen LogP) is 3.40. The van der Waals surface area contributed by atoms with Crippen LogP contribution in [0, 0.1) is 10.1 Å². The number of nitro benzene ring substituents is 1. The topological polar surface area (TPSA) is 86.7 Å². The van der Waals surface area contributed by atoms with E-state index in [4.69, 9.17) is 4.74 Å². The highest BCUT2D eigenvalue weighted by Crippen LogP contribution is 2.17. The number of amides is 1. The standard InChI is InChI=1S/C19H17N3O4S/c1-26-12-11-21-16-7-2-3-8-17(16)27-19(21)20-18(23)10-9-14-5-4-6-15(13-14)22(24)25/h2-10,13H,11-12H2,1H3. The van der Waals surface area contributed by atoms with E-state index in [2.05, 4.69) is 4.99 Å². The summed E-state index contributed by atoms with van der Waals surface area (Å²) in [6.07, 6.45) is 2.83. The van der Waals surface area contributed by atoms with Gasteiger partial charge in [-0.1, -0.05) is 35.6 Å². The predicted molar refractivity (Wildman–Crippen MR) is 104 cm³/mol. The molecule has 2 aromatic carbocycles. The Bertz CT molecular complexity index is 1080. The van der Waals surface area contributed by atoms with Gasteiger partial charge in [-0.15, -0.1) is 0 Å². The van der Waals surface area contributed by atoms with Crippen molar-refractivity contribution in [2.45, 2.75) is 6.54 Å². The van der Waals surface area contributed by atoms with Gasteiger partial charge in [0.2, 0.25) is 0 Å². The maximum absolute atomic E-state index is 12.3. The van der Waals surface area contributed by atoms with Crippen LogP contribution in [-0.4, -0.2) is 29.1 Å². The Morgan fingerprint density at radius 2 is 2.11 bits per heavy atom. The molecule has 0 aliphatic rings. The fourth-order valence-corrected chi connectivity index (χ4v) is 3.61. The fraction of sp³-hybridized carbons (Fsp3) is 0.158. The molecule has 0 fully saturated rings. The molecule has 138 valence electrons. The lowest BCUT2D eigenvalue weighted by Gasteiger charge is -2.03. The molecule has 1 heterocycles. The van der Waals surface area contributed by atoms with Crippen LogP contribution in [0.4, 0.5) is 5.69 Å². The first-order chi connectivity index (χ1) is 13.1. The van der Waals surface area contributed by atoms with Crippen molar-refractivity contribution >= 4 is 39.2 Å². The summed E-state index contributed by atoms with van der Waals surface area (Å²) in [6.45, 7) is 1.09. The molecule has 27 heavy (non-hydrogen) atoms. The molecule has 0 unspecified atom stereocenters. The van der Waals surface area contributed by atoms with Gasteiger partial charge in [0.05, 0.1) is 21.7 Å². The molecule has 0 spiro atoms. The van der Waals surface area contributed by atoms with Gasteiger partial charge >= 0.3 is 0 Å². The number of carbonyl (C=O) groups excluding carboxylic acids is 1. The number of carbonyl (C=O) groups is 1. The summed E-state index contributed by atoms with van der Waals surface area (Å²) in [4.78, 5) is 27.4. The van der Waals surface area contributed by atoms with Gasteiger partial charge in [-0.05, 0) is 23.8 Å². The highest BCUT2D eigenvalue weighted by atomic mass is 32.1. The maximum Gasteiger partial charge on any atom is 0.272 e. The number of nitro groups is 1. The first kappa shape index (κ1) is 18.7. The van der Waals surface area contributed by atoms with Crippen LogP contribution in [0.1, 0.15) is 5.56 Å². The van der Waals surface area contributed by atoms with Gasteiger partial charge in [-0.25, -0.2) is 0 Å². The molecule has 1 aromatic heterocycles. The van der Waals surface area contributed by atoms with Gasteiger partial charge in [0.1, 0.15) is 0 Å². The third-order valence-corrected chi connectivity index (χ3v) is 4.87. The van der Waals surface area contributed by atoms with Crippen molar-refractivity contribution in [2.24, 2.45) is 4.99 Å². The molecular weight excluding hydrogens is 366 g/mol. The molecular formula is C19H17N3O4S. The number of rotatable bonds is 6. The SMILES string of the molecule is COCCn1c(=NC(=O)C=Cc2cccc([N+](=O)[O-])c2)sc2ccccc21. The molecule has 0 bridgehead atoms. The number of thiazole rings is 1. The van der Waals surface area contributed by atoms with E-state index in [0.29, 0.717) is 23.5 Å². The quantitative estimate of drug-likeness (QED) is 0.371. The highest BCUT2D eigenvalue weighted by Gasteiger charge is 2.07. The van der Waals surface area contributed by atoms with E-state index in [1.54, 1.807) is 19.2 Å². The van der Waals surface area contributed by atoms with Crippen LogP contribution in [0.15, 0.2) is 59.6 Å². The van der Waals surface area contributed by atoms with Gasteiger partial charge in [-0.3, -0.25) is 14.9 Å². The molecule has 0 saturated heterocycles. The van der Waals surface area contributed by atoms with E-state index < -0.39 is 10.8 Å². The van der Waals surface area contributed by atoms with Crippen molar-refractivity contribution in [1.82, 2.24) is 4.57 Å². The minimum atomic E-state index is -0.473. The number of nitrogens with zero attached hydrogens (tertiary/aromatic N) is 3. The molecule has 0 aliphatic heterocycles. The minimum Gasteiger partial charge on any atom is -0.383 e. The summed E-state index contributed by atoms with van der Waals surface area (Å²) in [6, 6.07) is 13.9. The number of methoxy groups -OCH3 is 1. The zero-order valence-corrected chi connectivity index (χ0v) is 15.4. The second-order valence-electron chi connectivity index (χ2n) is 5.63. The summed E-state index contributed by atoms with van der Waals surface area (Å²) in [5, 5.41) is 10.8. The lowest BCUT2D eigenvalue weighted by atomic mass is 10.2. The van der Waals surface area contributed by atoms with E-state index in [9.17, 15) is 14.9 Å². The zero-order valence-electron chi connectivity index (χ0n) is 14.6. The number of benzene rings is 2. The molecule has 7 nitrogen and oxygen atoms in total. The summed E-state index contributed by atoms with van der Waals surface area (Å²) >= 11 is 1.43. The van der Waals surface area contributed by atoms with Crippen molar-refractivity contribution in [3.63, 3.8) is 0 Å². The number of hydrogen-bond donors (Lipinski definition) is 0. The summed E-state index contributed by atoms with van der Waals surface area (Å²) in [5.41, 5.74) is 1.54. The van der Waals surface area contributed by atoms with E-state index in [-0.39, 0.29) is 5.69 Å². The summed E-state index contributed by atoms with van der Waals surface area (Å²) in [7, 11) is 1.62. The Hall–Kier alpha value is -3.10. The maximum atomic E-state index is 12.3. The Balaban J connectivity index is 1.90. The summed E-state index contributed by atoms with van der Waals surface area (Å²) < 4.78 is 8.13. The zero-order chi connectivity index (χ0) is 19.2. The Morgan fingerprint density at radius 3 is 2.89 bits per heavy atom. The van der Waals surface area contributed by atoms with E-state index in [1.165, 1.54) is 35.6 Å². The number of ether oxygens (including phenoxy) is 1. The lowest BCUT2D eigenvalue weighted by Crippen LogP contribution is -2.18. The average Bonchev–Trinajstić information content (AvgIpc) is 3.01. The van der Waals surface area contributed by atoms with Crippen molar-refractivity contribution in [3.05, 3.63) is 75.1 Å². The molecule has 3 aromatic rings. The Labute approximate surface area is 159 Å². The second-order valence-corrected chi connectivity index (χ2v) is 6.64. The van der Waals surface area contributed by atoms with Crippen LogP contribution in [0.5, 0.6) is 0 Å². The van der Waals surface area contributed by atoms with Crippen molar-refractivity contribution in [2.75, 3.05) is 13.7 Å². The van der Waals surface area contributed by atoms with Crippen molar-refractivity contribution in [1.29, 1.82) is 0 Å². The van der Waals surface area contributed by atoms with Crippen LogP contribution in [-0.2, 0) is 16.1 Å². The molecule has 8 heteroatoms. The number of hydrogen-bond acceptors (Lipinski definition) is 5. The second kappa shape index (κ2) is 8.52. The lowest BCUT2D eigenvalue weighted by molar-refractivity contribution is -0.384. The van der Waals surface area contributed by atoms with Gasteiger partial charge < -0.3 is 9.30 Å². The van der Waals surface area contributed by atoms with Crippen LogP contribution >= 0.6 is 11.3 Å². The third kappa shape index (κ3) is 4.55. The van der Waals surface area contributed by atoms with Gasteiger partial charge in [-0.2, -0.15) is 4.99 Å². The van der Waals surface area contributed by atoms with Gasteiger partial charge in [0.15, 0.2) is 4.80 Å². The normalized spacial score (nSPS) is 12.1. The number of non-ortho nitro benzene ring substituents is 1. The Kier molecular flexibility index (Phi) is 5.90. The van der Waals surface area contributed by atoms with Crippen LogP contribution in [0.2, 0.25) is 0 Å². The third-order valence-electron chi connectivity index (χ3n) is 3.81. The van der Waals surface area contributed by atoms with Crippen molar-refractivity contribution in [3.8, 4) is 0 Å². The molecule has 0 atom stereocenters. The van der Waals surface area contributed by atoms with E-state index >= 15 is 0 Å². The largest absolute Gasteiger partial charge is 0.383 e. The first-order valence-electron chi connectivity index (χ1n) is 8.17. The first-order valence-corrected chi connectivity index (χ1v) is 8.98. The van der Waals surface area contributed by atoms with E-state index in [0.717, 1.165) is 10.2 Å². The van der Waals surface area contributed by atoms with E-state index in [1.807, 2.05) is 28.8 Å². The Morgan fingerprint density at radius 1 is 1.30 bits per heavy atom. The number of fused-ring (bicyclic) bond motifs is 1. The van der Waals surface area contributed by atoms with Crippen LogP contribution < -0.4 is 4.80 Å². The molecule has 0 saturated carbocycles. The minimum absolute atomic E-state index is 0.0246. The van der Waals surface area contributed by atoms with Crippen LogP contribution in [0.3, 0.4) is 0 Å². The van der Waals surface area contributed by atoms with Gasteiger partial charge in [0.25, 0.3) is 11.6 Å². The molecule has 0 aliphatic carbocycles. The molecule has 0 N–H and O–H groups in total. The average molecular weight is 383 g/mol. The van der Waals surface area contributed by atoms with Crippen LogP contribution in [0.25, 0.3) is 16.3 Å². The smallest absolute Gasteiger partial charge is 0.272 e. The number of para-hydroxylation sites is 1.